The Labute approximate surface area is 162 Å². The van der Waals surface area contributed by atoms with Crippen LogP contribution in [0.25, 0.3) is 0 Å². The molecule has 0 spiro atoms. The third-order valence-electron chi connectivity index (χ3n) is 4.49. The van der Waals surface area contributed by atoms with Crippen LogP contribution >= 0.6 is 0 Å². The molecule has 9 heteroatoms. The van der Waals surface area contributed by atoms with Crippen LogP contribution in [0.1, 0.15) is 57.8 Å². The van der Waals surface area contributed by atoms with Crippen molar-refractivity contribution in [1.82, 2.24) is 15.2 Å². The predicted molar refractivity (Wildman–Crippen MR) is 107 cm³/mol. The zero-order valence-corrected chi connectivity index (χ0v) is 16.6. The fraction of sp³-hybridized carbons (Fsp3) is 0.667. The summed E-state index contributed by atoms with van der Waals surface area (Å²) in [5.74, 6) is 0.333. The molecule has 1 aliphatic carbocycles. The summed E-state index contributed by atoms with van der Waals surface area (Å²) in [7, 11) is -3.36. The first-order valence-corrected chi connectivity index (χ1v) is 11.3. The summed E-state index contributed by atoms with van der Waals surface area (Å²) in [6, 6.07) is 3.59. The van der Waals surface area contributed by atoms with Gasteiger partial charge in [-0.1, -0.05) is 37.0 Å². The molecule has 0 saturated heterocycles. The molecule has 0 unspecified atom stereocenters. The van der Waals surface area contributed by atoms with Crippen molar-refractivity contribution in [2.45, 2.75) is 63.9 Å². The second-order valence-electron chi connectivity index (χ2n) is 6.86. The fourth-order valence-corrected chi connectivity index (χ4v) is 3.92. The Morgan fingerprint density at radius 3 is 2.56 bits per heavy atom. The van der Waals surface area contributed by atoms with Crippen molar-refractivity contribution < 1.29 is 13.3 Å². The maximum atomic E-state index is 11.9. The Balaban J connectivity index is 1.47. The lowest BCUT2D eigenvalue weighted by Crippen LogP contribution is -2.32. The van der Waals surface area contributed by atoms with Crippen molar-refractivity contribution in [3.63, 3.8) is 0 Å². The van der Waals surface area contributed by atoms with E-state index in [2.05, 4.69) is 20.5 Å². The van der Waals surface area contributed by atoms with Gasteiger partial charge in [0.15, 0.2) is 5.96 Å². The van der Waals surface area contributed by atoms with Gasteiger partial charge in [-0.15, -0.1) is 0 Å². The van der Waals surface area contributed by atoms with Crippen molar-refractivity contribution >= 4 is 21.7 Å². The zero-order valence-electron chi connectivity index (χ0n) is 15.7. The molecule has 0 amide bonds. The molecule has 0 radical (unpaired) electrons. The summed E-state index contributed by atoms with van der Waals surface area (Å²) in [4.78, 5) is 11.5. The number of pyridine rings is 1. The van der Waals surface area contributed by atoms with Crippen LogP contribution < -0.4 is 15.5 Å². The normalized spacial score (nSPS) is 15.4. The van der Waals surface area contributed by atoms with Gasteiger partial charge in [-0.2, -0.15) is 0 Å². The van der Waals surface area contributed by atoms with E-state index in [-0.39, 0.29) is 17.8 Å². The summed E-state index contributed by atoms with van der Waals surface area (Å²) in [5.41, 5.74) is 0.815. The zero-order chi connectivity index (χ0) is 19.4. The smallest absolute Gasteiger partial charge is 0.233 e. The average Bonchev–Trinajstić information content (AvgIpc) is 2.67. The monoisotopic (exact) mass is 397 g/mol. The lowest BCUT2D eigenvalue weighted by atomic mass is 9.98. The number of unbranched alkanes of at least 4 members (excludes halogenated alkanes) is 3. The molecular weight excluding hydrogens is 366 g/mol. The highest BCUT2D eigenvalue weighted by Gasteiger charge is 2.17. The van der Waals surface area contributed by atoms with E-state index in [0.717, 1.165) is 50.6 Å². The van der Waals surface area contributed by atoms with Crippen molar-refractivity contribution in [3.05, 3.63) is 24.5 Å². The Bertz CT molecular complexity index is 648. The van der Waals surface area contributed by atoms with E-state index >= 15 is 0 Å². The molecule has 1 fully saturated rings. The Kier molecular flexibility index (Phi) is 9.51. The predicted octanol–water partition coefficient (Wildman–Crippen LogP) is 2.76. The Morgan fingerprint density at radius 2 is 1.81 bits per heavy atom. The minimum atomic E-state index is -3.36. The highest BCUT2D eigenvalue weighted by Crippen LogP contribution is 2.19. The lowest BCUT2D eigenvalue weighted by Gasteiger charge is -2.21. The van der Waals surface area contributed by atoms with Gasteiger partial charge in [0.2, 0.25) is 10.0 Å². The summed E-state index contributed by atoms with van der Waals surface area (Å²) >= 11 is 0. The molecule has 1 saturated carbocycles. The fourth-order valence-electron chi connectivity index (χ4n) is 2.97. The molecule has 27 heavy (non-hydrogen) atoms. The van der Waals surface area contributed by atoms with Crippen LogP contribution in [0.15, 0.2) is 24.5 Å². The minimum absolute atomic E-state index is 0.0238. The molecule has 1 heterocycles. The van der Waals surface area contributed by atoms with Crippen LogP contribution in [-0.2, 0) is 14.9 Å². The number of sulfonamides is 1. The first-order valence-electron chi connectivity index (χ1n) is 9.70. The second-order valence-corrected chi connectivity index (χ2v) is 8.66. The number of nitrogens with one attached hydrogen (secondary N) is 4. The van der Waals surface area contributed by atoms with E-state index < -0.39 is 10.0 Å². The maximum absolute atomic E-state index is 11.9. The van der Waals surface area contributed by atoms with E-state index in [4.69, 9.17) is 10.2 Å². The molecule has 0 bridgehead atoms. The van der Waals surface area contributed by atoms with E-state index in [1.54, 1.807) is 24.5 Å². The first-order chi connectivity index (χ1) is 13.1. The summed E-state index contributed by atoms with van der Waals surface area (Å²) in [5, 5.41) is 13.7. The molecule has 1 aromatic heterocycles. The van der Waals surface area contributed by atoms with Crippen LogP contribution in [0, 0.1) is 5.41 Å². The molecule has 0 aliphatic heterocycles. The second kappa shape index (κ2) is 11.9. The highest BCUT2D eigenvalue weighted by atomic mass is 32.2. The van der Waals surface area contributed by atoms with Gasteiger partial charge in [0, 0.05) is 24.6 Å². The molecule has 0 aromatic carbocycles. The quantitative estimate of drug-likeness (QED) is 0.197. The standard InChI is InChI=1S/C18H31N5O3S/c19-18(22-16-10-13-20-14-11-16)21-12-6-1-2-7-15-27(24,25)23-26-17-8-4-3-5-9-17/h10-11,13-14,17,23H,1-9,12,15H2,(H3,19,20,21,22). The number of nitrogens with zero attached hydrogens (tertiary/aromatic N) is 1. The number of guanidine groups is 1. The van der Waals surface area contributed by atoms with E-state index in [9.17, 15) is 8.42 Å². The summed E-state index contributed by atoms with van der Waals surface area (Å²) in [6.07, 6.45) is 11.9. The Hall–Kier alpha value is -1.71. The molecule has 0 atom stereocenters. The Morgan fingerprint density at radius 1 is 1.11 bits per heavy atom. The van der Waals surface area contributed by atoms with E-state index in [0.29, 0.717) is 13.0 Å². The van der Waals surface area contributed by atoms with Gasteiger partial charge in [-0.3, -0.25) is 15.2 Å². The third kappa shape index (κ3) is 9.69. The highest BCUT2D eigenvalue weighted by molar-refractivity contribution is 7.89. The molecule has 152 valence electrons. The SMILES string of the molecule is N=C(NCCCCCCS(=O)(=O)NOC1CCCCC1)Nc1ccncc1. The molecular formula is C18H31N5O3S. The van der Waals surface area contributed by atoms with Gasteiger partial charge in [0.1, 0.15) is 0 Å². The van der Waals surface area contributed by atoms with Crippen LogP contribution in [-0.4, -0.2) is 37.8 Å². The van der Waals surface area contributed by atoms with Gasteiger partial charge < -0.3 is 10.6 Å². The minimum Gasteiger partial charge on any atom is -0.356 e. The number of hydrogen-bond donors (Lipinski definition) is 4. The van der Waals surface area contributed by atoms with Gasteiger partial charge in [0.05, 0.1) is 11.9 Å². The van der Waals surface area contributed by atoms with Crippen LogP contribution in [0.3, 0.4) is 0 Å². The van der Waals surface area contributed by atoms with Crippen LogP contribution in [0.5, 0.6) is 0 Å². The van der Waals surface area contributed by atoms with Gasteiger partial charge in [-0.05, 0) is 37.8 Å². The van der Waals surface area contributed by atoms with Crippen molar-refractivity contribution in [2.24, 2.45) is 0 Å². The van der Waals surface area contributed by atoms with Gasteiger partial charge in [-0.25, -0.2) is 8.42 Å². The first kappa shape index (κ1) is 21.6. The maximum Gasteiger partial charge on any atom is 0.233 e. The number of rotatable bonds is 11. The summed E-state index contributed by atoms with van der Waals surface area (Å²) < 4.78 is 23.9. The molecule has 2 rings (SSSR count). The lowest BCUT2D eigenvalue weighted by molar-refractivity contribution is -0.00384. The molecule has 8 nitrogen and oxygen atoms in total. The van der Waals surface area contributed by atoms with Gasteiger partial charge >= 0.3 is 0 Å². The van der Waals surface area contributed by atoms with E-state index in [1.807, 2.05) is 0 Å². The number of aromatic nitrogens is 1. The molecule has 4 N–H and O–H groups in total. The number of hydrogen-bond acceptors (Lipinski definition) is 5. The van der Waals surface area contributed by atoms with Gasteiger partial charge in [0.25, 0.3) is 0 Å². The topological polar surface area (TPSA) is 116 Å². The van der Waals surface area contributed by atoms with Crippen molar-refractivity contribution in [3.8, 4) is 0 Å². The summed E-state index contributed by atoms with van der Waals surface area (Å²) in [6.45, 7) is 0.673. The average molecular weight is 398 g/mol. The number of anilines is 1. The molecule has 1 aliphatic rings. The van der Waals surface area contributed by atoms with Crippen LogP contribution in [0.4, 0.5) is 5.69 Å². The van der Waals surface area contributed by atoms with E-state index in [1.165, 1.54) is 6.42 Å². The van der Waals surface area contributed by atoms with Crippen molar-refractivity contribution in [1.29, 1.82) is 5.41 Å². The largest absolute Gasteiger partial charge is 0.356 e. The van der Waals surface area contributed by atoms with Crippen molar-refractivity contribution in [2.75, 3.05) is 17.6 Å². The molecule has 1 aromatic rings. The third-order valence-corrected chi connectivity index (χ3v) is 5.66. The van der Waals surface area contributed by atoms with Crippen LogP contribution in [0.2, 0.25) is 0 Å².